The molecule has 5 N–H and O–H groups in total. The highest BCUT2D eigenvalue weighted by molar-refractivity contribution is 6.39. The van der Waals surface area contributed by atoms with E-state index in [-0.39, 0.29) is 49.6 Å². The predicted molar refractivity (Wildman–Crippen MR) is 351 cm³/mol. The van der Waals surface area contributed by atoms with Crippen molar-refractivity contribution >= 4 is 41.3 Å². The first-order valence-corrected chi connectivity index (χ1v) is 34.5. The zero-order valence-corrected chi connectivity index (χ0v) is 57.2. The molecule has 15 atom stereocenters. The van der Waals surface area contributed by atoms with Gasteiger partial charge in [0.1, 0.15) is 36.2 Å². The summed E-state index contributed by atoms with van der Waals surface area (Å²) in [6.45, 7) is 20.8. The van der Waals surface area contributed by atoms with Gasteiger partial charge in [-0.25, -0.2) is 19.6 Å². The van der Waals surface area contributed by atoms with Crippen LogP contribution < -0.4 is 10.6 Å². The summed E-state index contributed by atoms with van der Waals surface area (Å²) in [5.74, 6) is -8.45. The van der Waals surface area contributed by atoms with Crippen LogP contribution in [0, 0.1) is 29.6 Å². The number of aliphatic hydroxyl groups excluding tert-OH is 2. The molecule has 24 nitrogen and oxygen atoms in total. The van der Waals surface area contributed by atoms with Gasteiger partial charge in [-0.05, 0) is 107 Å². The lowest BCUT2D eigenvalue weighted by Gasteiger charge is -2.42. The van der Waals surface area contributed by atoms with Gasteiger partial charge in [0, 0.05) is 121 Å². The topological polar surface area (TPSA) is 302 Å². The van der Waals surface area contributed by atoms with Crippen LogP contribution in [-0.2, 0) is 74.8 Å². The largest absolute Gasteiger partial charge is 0.459 e. The van der Waals surface area contributed by atoms with Crippen LogP contribution in [0.15, 0.2) is 53.8 Å². The first-order valence-electron chi connectivity index (χ1n) is 34.5. The minimum absolute atomic E-state index is 0.0130. The molecule has 1 aromatic rings. The molecule has 6 aliphatic rings. The van der Waals surface area contributed by atoms with Gasteiger partial charge >= 0.3 is 12.1 Å². The molecule has 526 valence electrons. The lowest BCUT2D eigenvalue weighted by molar-refractivity contribution is -0.265. The van der Waals surface area contributed by atoms with Gasteiger partial charge < -0.3 is 73.6 Å². The molecule has 5 aliphatic heterocycles. The number of carbonyl (C=O) groups excluding carboxylic acids is 6. The standard InChI is InChI=1S/C70H109N7O17/c1-10-31-89-33-35-91-36-34-90-32-30-74-26-28-75(29-27-74)68-72-43-52-44-76(25-23-55(52)73-68)69(85)93-58-22-20-51(40-61(58)88-9)39-54(71)60-42-57(78)47(4)38-49(6)63(80)64(81)62(79)48(5)37-45(2)16-12-11-13-17-46(3)59(87-8)41-53-21-19-50(7)70(86,94-53)65(82)66(83)77-24-15-14-18-56(77)67(84)92-60/h11-13,16-17,38,43,45,47-48,50-51,53-54,56,58-61,63-64,80-81,86H,10,14-15,18-37,39-42,44,71H2,1-9H3/b13-11+,16-12+,46-17+,49-38+/t45-,47-,48-,50-,51?,53+,54-,56+,58-,59+,60+,61-,63-,64+,70-/m1/s1. The second-order valence-electron chi connectivity index (χ2n) is 26.9. The van der Waals surface area contributed by atoms with Gasteiger partial charge in [-0.3, -0.25) is 24.1 Å². The number of hydrogen-bond acceptors (Lipinski definition) is 22. The van der Waals surface area contributed by atoms with Gasteiger partial charge in [-0.2, -0.15) is 0 Å². The van der Waals surface area contributed by atoms with E-state index in [4.69, 9.17) is 53.6 Å². The number of esters is 1. The Bertz CT molecular complexity index is 2770. The highest BCUT2D eigenvalue weighted by Crippen LogP contribution is 2.38. The van der Waals surface area contributed by atoms with Crippen molar-refractivity contribution < 1.29 is 82.0 Å². The molecule has 94 heavy (non-hydrogen) atoms. The Morgan fingerprint density at radius 1 is 0.798 bits per heavy atom. The third kappa shape index (κ3) is 21.3. The lowest BCUT2D eigenvalue weighted by atomic mass is 9.80. The molecule has 1 aromatic heterocycles. The third-order valence-corrected chi connectivity index (χ3v) is 19.7. The van der Waals surface area contributed by atoms with E-state index in [1.165, 1.54) is 13.0 Å². The van der Waals surface area contributed by atoms with Crippen molar-refractivity contribution in [3.63, 3.8) is 0 Å². The number of anilines is 1. The third-order valence-electron chi connectivity index (χ3n) is 19.7. The number of carbonyl (C=O) groups is 6. The lowest BCUT2D eigenvalue weighted by Crippen LogP contribution is -2.61. The van der Waals surface area contributed by atoms with Crippen LogP contribution in [0.3, 0.4) is 0 Å². The molecule has 6 heterocycles. The first-order chi connectivity index (χ1) is 45.0. The molecule has 0 radical (unpaired) electrons. The van der Waals surface area contributed by atoms with E-state index in [1.807, 2.05) is 44.2 Å². The molecule has 2 amide bonds. The second kappa shape index (κ2) is 37.4. The van der Waals surface area contributed by atoms with Crippen molar-refractivity contribution in [3.05, 3.63) is 65.1 Å². The quantitative estimate of drug-likeness (QED) is 0.0585. The Balaban J connectivity index is 0.994. The molecule has 7 rings (SSSR count). The maximum Gasteiger partial charge on any atom is 0.410 e. The van der Waals surface area contributed by atoms with Gasteiger partial charge in [-0.15, -0.1) is 0 Å². The van der Waals surface area contributed by atoms with Crippen LogP contribution in [0.4, 0.5) is 10.7 Å². The summed E-state index contributed by atoms with van der Waals surface area (Å²) in [5, 5.41) is 34.6. The van der Waals surface area contributed by atoms with E-state index in [0.717, 1.165) is 67.5 Å². The monoisotopic (exact) mass is 1320 g/mol. The fourth-order valence-electron chi connectivity index (χ4n) is 13.7. The molecule has 0 spiro atoms. The summed E-state index contributed by atoms with van der Waals surface area (Å²) < 4.78 is 47.3. The van der Waals surface area contributed by atoms with Crippen molar-refractivity contribution in [3.8, 4) is 0 Å². The van der Waals surface area contributed by atoms with Gasteiger partial charge in [0.05, 0.1) is 63.6 Å². The van der Waals surface area contributed by atoms with E-state index in [1.54, 1.807) is 46.1 Å². The summed E-state index contributed by atoms with van der Waals surface area (Å²) >= 11 is 0. The van der Waals surface area contributed by atoms with E-state index in [9.17, 15) is 44.1 Å². The number of ether oxygens (including phenoxy) is 8. The predicted octanol–water partition coefficient (Wildman–Crippen LogP) is 5.79. The van der Waals surface area contributed by atoms with Gasteiger partial charge in [-0.1, -0.05) is 71.1 Å². The maximum atomic E-state index is 14.7. The number of amides is 2. The number of allylic oxidation sites excluding steroid dienone is 6. The number of cyclic esters (lactones) is 1. The molecular weight excluding hydrogens is 1210 g/mol. The summed E-state index contributed by atoms with van der Waals surface area (Å²) in [6.07, 6.45) is 10.7. The minimum atomic E-state index is -2.50. The number of aromatic nitrogens is 2. The number of nitrogens with zero attached hydrogens (tertiary/aromatic N) is 6. The average Bonchev–Trinajstić information content (AvgIpc) is 0.801. The number of ketones is 3. The number of methoxy groups -OCH3 is 2. The first kappa shape index (κ1) is 76.0. The molecule has 1 aliphatic carbocycles. The van der Waals surface area contributed by atoms with Gasteiger partial charge in [0.2, 0.25) is 11.7 Å². The molecule has 1 saturated carbocycles. The van der Waals surface area contributed by atoms with Crippen LogP contribution in [-0.4, -0.2) is 236 Å². The summed E-state index contributed by atoms with van der Waals surface area (Å²) in [4.78, 5) is 102. The number of piperazine rings is 1. The molecule has 2 bridgehead atoms. The average molecular weight is 1320 g/mol. The minimum Gasteiger partial charge on any atom is -0.459 e. The van der Waals surface area contributed by atoms with Crippen LogP contribution in [0.2, 0.25) is 0 Å². The summed E-state index contributed by atoms with van der Waals surface area (Å²) in [6, 6.07) is -2.21. The Kier molecular flexibility index (Phi) is 30.2. The number of hydrogen-bond donors (Lipinski definition) is 4. The fourth-order valence-corrected chi connectivity index (χ4v) is 13.7. The smallest absolute Gasteiger partial charge is 0.410 e. The fraction of sp³-hybridized carbons (Fsp3) is 0.743. The summed E-state index contributed by atoms with van der Waals surface area (Å²) in [5.41, 5.74) is 9.85. The van der Waals surface area contributed by atoms with Crippen molar-refractivity contribution in [1.82, 2.24) is 24.7 Å². The number of aliphatic hydroxyl groups is 3. The Hall–Kier alpha value is -5.38. The SMILES string of the molecule is CCCOCCOCCOCCN1CCN(c2ncc3c(n2)CCN(C(=O)O[C@@H]2CCC(C[C@@H](N)[C@@H]4CC(=O)[C@H](C)/C=C(\C)[C@@H](O)[C@@H](O)C(=O)[C@H](C)C[C@H](C)/C=C/C=C/C=C(\C)[C@@H](OC)C[C@@H]5CC[C@@H](C)[C@@](O)(O5)C(=O)C(=O)N5CCCC[C@H]5C(=O)O4)C[C@H]2OC)C3)CC1. The van der Waals surface area contributed by atoms with Gasteiger partial charge in [0.25, 0.3) is 11.7 Å². The highest BCUT2D eigenvalue weighted by Gasteiger charge is 2.53. The Morgan fingerprint density at radius 2 is 1.52 bits per heavy atom. The highest BCUT2D eigenvalue weighted by atomic mass is 16.6. The van der Waals surface area contributed by atoms with Crippen molar-refractivity contribution in [2.45, 2.75) is 206 Å². The van der Waals surface area contributed by atoms with Crippen molar-refractivity contribution in [2.75, 3.05) is 105 Å². The summed E-state index contributed by atoms with van der Waals surface area (Å²) in [7, 11) is 3.11. The molecule has 0 aromatic carbocycles. The number of Topliss-reactive ketones (excluding diaryl/α,β-unsaturated/α-hetero) is 3. The van der Waals surface area contributed by atoms with Crippen molar-refractivity contribution in [2.24, 2.45) is 35.3 Å². The van der Waals surface area contributed by atoms with E-state index < -0.39 is 114 Å². The second-order valence-corrected chi connectivity index (χ2v) is 26.9. The molecule has 3 saturated heterocycles. The van der Waals surface area contributed by atoms with Crippen LogP contribution in [0.25, 0.3) is 0 Å². The molecule has 24 heteroatoms. The number of fused-ring (bicyclic) bond motifs is 4. The molecule has 4 fully saturated rings. The van der Waals surface area contributed by atoms with E-state index >= 15 is 0 Å². The number of rotatable bonds is 18. The zero-order chi connectivity index (χ0) is 68.1. The van der Waals surface area contributed by atoms with Crippen molar-refractivity contribution in [1.29, 1.82) is 0 Å². The van der Waals surface area contributed by atoms with E-state index in [0.29, 0.717) is 110 Å². The van der Waals surface area contributed by atoms with Gasteiger partial charge in [0.15, 0.2) is 5.78 Å². The molecule has 1 unspecified atom stereocenters. The number of piperidine rings is 1. The Labute approximate surface area is 556 Å². The molecular formula is C70H109N7O17. The maximum absolute atomic E-state index is 14.7. The zero-order valence-electron chi connectivity index (χ0n) is 57.2. The Morgan fingerprint density at radius 3 is 2.23 bits per heavy atom. The van der Waals surface area contributed by atoms with Crippen LogP contribution in [0.5, 0.6) is 0 Å². The normalized spacial score (nSPS) is 33.5. The van der Waals surface area contributed by atoms with Crippen LogP contribution >= 0.6 is 0 Å². The van der Waals surface area contributed by atoms with Crippen LogP contribution in [0.1, 0.15) is 143 Å². The number of nitrogens with two attached hydrogens (primary N) is 1. The van der Waals surface area contributed by atoms with E-state index in [2.05, 4.69) is 16.7 Å².